The Hall–Kier alpha value is -1.84. The van der Waals surface area contributed by atoms with E-state index in [0.29, 0.717) is 17.7 Å². The average Bonchev–Trinajstić information content (AvgIpc) is 2.82. The van der Waals surface area contributed by atoms with Gasteiger partial charge in [0.15, 0.2) is 0 Å². The molecule has 0 heterocycles. The first-order valence-corrected chi connectivity index (χ1v) is 13.6. The lowest BCUT2D eigenvalue weighted by Crippen LogP contribution is -2.18. The van der Waals surface area contributed by atoms with Gasteiger partial charge < -0.3 is 9.47 Å². The van der Waals surface area contributed by atoms with Crippen molar-refractivity contribution in [1.29, 1.82) is 0 Å². The Balaban J connectivity index is 2.22. The summed E-state index contributed by atoms with van der Waals surface area (Å²) in [7, 11) is 0. The molecular formula is C29H48O4. The van der Waals surface area contributed by atoms with Crippen LogP contribution in [0, 0.1) is 0 Å². The third-order valence-corrected chi connectivity index (χ3v) is 6.12. The zero-order valence-corrected chi connectivity index (χ0v) is 21.5. The van der Waals surface area contributed by atoms with E-state index in [2.05, 4.69) is 13.8 Å². The number of carbonyl (C=O) groups excluding carboxylic acids is 2. The van der Waals surface area contributed by atoms with Crippen LogP contribution in [0.25, 0.3) is 0 Å². The molecule has 0 aliphatic rings. The Labute approximate surface area is 202 Å². The normalized spacial score (nSPS) is 11.8. The predicted molar refractivity (Wildman–Crippen MR) is 137 cm³/mol. The molecule has 0 amide bonds. The molecule has 0 fully saturated rings. The van der Waals surface area contributed by atoms with Crippen LogP contribution in [0.4, 0.5) is 0 Å². The van der Waals surface area contributed by atoms with Crippen LogP contribution in [0.1, 0.15) is 144 Å². The second-order valence-corrected chi connectivity index (χ2v) is 9.28. The summed E-state index contributed by atoms with van der Waals surface area (Å²) >= 11 is 0. The zero-order chi connectivity index (χ0) is 24.2. The van der Waals surface area contributed by atoms with Crippen molar-refractivity contribution >= 4 is 11.9 Å². The van der Waals surface area contributed by atoms with Crippen molar-refractivity contribution in [2.24, 2.45) is 0 Å². The average molecular weight is 461 g/mol. The fourth-order valence-corrected chi connectivity index (χ4v) is 4.01. The number of rotatable bonds is 20. The third-order valence-electron chi connectivity index (χ3n) is 6.12. The highest BCUT2D eigenvalue weighted by Crippen LogP contribution is 2.16. The van der Waals surface area contributed by atoms with Crippen LogP contribution in [-0.4, -0.2) is 24.6 Å². The molecule has 1 atom stereocenters. The largest absolute Gasteiger partial charge is 0.462 e. The Kier molecular flexibility index (Phi) is 17.4. The molecule has 1 unspecified atom stereocenters. The van der Waals surface area contributed by atoms with Gasteiger partial charge in [-0.05, 0) is 38.3 Å². The number of esters is 2. The van der Waals surface area contributed by atoms with Crippen LogP contribution in [0.2, 0.25) is 0 Å². The molecule has 0 aliphatic heterocycles. The van der Waals surface area contributed by atoms with Crippen LogP contribution >= 0.6 is 0 Å². The summed E-state index contributed by atoms with van der Waals surface area (Å²) in [5, 5.41) is 0. The van der Waals surface area contributed by atoms with Gasteiger partial charge >= 0.3 is 11.9 Å². The van der Waals surface area contributed by atoms with E-state index in [1.165, 1.54) is 64.2 Å². The second kappa shape index (κ2) is 19.6. The Morgan fingerprint density at radius 1 is 0.667 bits per heavy atom. The molecule has 0 N–H and O–H groups in total. The van der Waals surface area contributed by atoms with Crippen LogP contribution in [0.15, 0.2) is 24.3 Å². The summed E-state index contributed by atoms with van der Waals surface area (Å²) in [6.07, 6.45) is 19.2. The van der Waals surface area contributed by atoms with Crippen molar-refractivity contribution in [3.05, 3.63) is 35.4 Å². The van der Waals surface area contributed by atoms with Crippen LogP contribution in [0.5, 0.6) is 0 Å². The van der Waals surface area contributed by atoms with Crippen molar-refractivity contribution in [3.63, 3.8) is 0 Å². The molecule has 1 aromatic rings. The van der Waals surface area contributed by atoms with Crippen LogP contribution in [0.3, 0.4) is 0 Å². The Morgan fingerprint density at radius 3 is 1.67 bits per heavy atom. The van der Waals surface area contributed by atoms with Crippen molar-refractivity contribution < 1.29 is 19.1 Å². The van der Waals surface area contributed by atoms with E-state index >= 15 is 0 Å². The first-order valence-electron chi connectivity index (χ1n) is 13.6. The van der Waals surface area contributed by atoms with Gasteiger partial charge in [0, 0.05) is 0 Å². The highest BCUT2D eigenvalue weighted by molar-refractivity contribution is 6.03. The maximum atomic E-state index is 12.6. The van der Waals surface area contributed by atoms with Gasteiger partial charge in [0.1, 0.15) is 0 Å². The number of unbranched alkanes of at least 4 members (excludes halogenated alkanes) is 13. The smallest absolute Gasteiger partial charge is 0.339 e. The van der Waals surface area contributed by atoms with Gasteiger partial charge in [-0.2, -0.15) is 0 Å². The second-order valence-electron chi connectivity index (χ2n) is 9.28. The lowest BCUT2D eigenvalue weighted by Gasteiger charge is -2.14. The molecule has 0 saturated heterocycles. The van der Waals surface area contributed by atoms with Gasteiger partial charge in [0.25, 0.3) is 0 Å². The van der Waals surface area contributed by atoms with E-state index in [1.54, 1.807) is 24.3 Å². The highest BCUT2D eigenvalue weighted by Gasteiger charge is 2.20. The molecule has 1 rings (SSSR count). The molecule has 0 aromatic heterocycles. The first kappa shape index (κ1) is 29.2. The molecule has 33 heavy (non-hydrogen) atoms. The third kappa shape index (κ3) is 14.1. The van der Waals surface area contributed by atoms with Gasteiger partial charge in [-0.15, -0.1) is 0 Å². The summed E-state index contributed by atoms with van der Waals surface area (Å²) in [4.78, 5) is 25.1. The van der Waals surface area contributed by atoms with Gasteiger partial charge in [-0.1, -0.05) is 109 Å². The lowest BCUT2D eigenvalue weighted by atomic mass is 10.1. The summed E-state index contributed by atoms with van der Waals surface area (Å²) < 4.78 is 11.0. The Morgan fingerprint density at radius 2 is 1.12 bits per heavy atom. The maximum absolute atomic E-state index is 12.6. The molecule has 0 aliphatic carbocycles. The van der Waals surface area contributed by atoms with E-state index in [1.807, 2.05) is 6.92 Å². The van der Waals surface area contributed by atoms with Gasteiger partial charge in [0.2, 0.25) is 0 Å². The van der Waals surface area contributed by atoms with E-state index < -0.39 is 11.9 Å². The number of benzene rings is 1. The van der Waals surface area contributed by atoms with E-state index in [4.69, 9.17) is 9.47 Å². The van der Waals surface area contributed by atoms with Crippen molar-refractivity contribution in [3.8, 4) is 0 Å². The highest BCUT2D eigenvalue weighted by atomic mass is 16.5. The topological polar surface area (TPSA) is 52.6 Å². The predicted octanol–water partition coefficient (Wildman–Crippen LogP) is 8.67. The van der Waals surface area contributed by atoms with Crippen molar-refractivity contribution in [2.75, 3.05) is 6.61 Å². The number of hydrogen-bond donors (Lipinski definition) is 0. The van der Waals surface area contributed by atoms with E-state index in [9.17, 15) is 9.59 Å². The molecule has 4 nitrogen and oxygen atoms in total. The minimum Gasteiger partial charge on any atom is -0.462 e. The van der Waals surface area contributed by atoms with Crippen molar-refractivity contribution in [1.82, 2.24) is 0 Å². The van der Waals surface area contributed by atoms with Crippen LogP contribution < -0.4 is 0 Å². The number of hydrogen-bond acceptors (Lipinski definition) is 4. The molecule has 0 spiro atoms. The molecule has 4 heteroatoms. The summed E-state index contributed by atoms with van der Waals surface area (Å²) in [5.41, 5.74) is 0.585. The van der Waals surface area contributed by atoms with E-state index in [0.717, 1.165) is 38.5 Å². The first-order chi connectivity index (χ1) is 16.1. The van der Waals surface area contributed by atoms with Gasteiger partial charge in [0.05, 0.1) is 23.8 Å². The monoisotopic (exact) mass is 460 g/mol. The lowest BCUT2D eigenvalue weighted by molar-refractivity contribution is 0.0307. The zero-order valence-electron chi connectivity index (χ0n) is 21.5. The number of carbonyl (C=O) groups is 2. The quantitative estimate of drug-likeness (QED) is 0.144. The molecule has 0 radical (unpaired) electrons. The minimum absolute atomic E-state index is 0.158. The summed E-state index contributed by atoms with van der Waals surface area (Å²) in [6, 6.07) is 6.78. The maximum Gasteiger partial charge on any atom is 0.339 e. The summed E-state index contributed by atoms with van der Waals surface area (Å²) in [6.45, 7) is 6.71. The molecule has 0 saturated carbocycles. The minimum atomic E-state index is -0.447. The molecule has 1 aromatic carbocycles. The fourth-order valence-electron chi connectivity index (χ4n) is 4.01. The SMILES string of the molecule is CCCCCCCCCCCCCCOC(=O)c1ccccc1C(=O)OC(C)CCCCC. The summed E-state index contributed by atoms with van der Waals surface area (Å²) in [5.74, 6) is -0.888. The van der Waals surface area contributed by atoms with Crippen molar-refractivity contribution in [2.45, 2.75) is 130 Å². The molecular weight excluding hydrogens is 412 g/mol. The van der Waals surface area contributed by atoms with Crippen LogP contribution in [-0.2, 0) is 9.47 Å². The Bertz CT molecular complexity index is 640. The van der Waals surface area contributed by atoms with E-state index in [-0.39, 0.29) is 6.10 Å². The number of ether oxygens (including phenoxy) is 2. The molecule has 188 valence electrons. The fraction of sp³-hybridized carbons (Fsp3) is 0.724. The van der Waals surface area contributed by atoms with Gasteiger partial charge in [-0.3, -0.25) is 0 Å². The standard InChI is InChI=1S/C29H48O4/c1-4-6-8-9-10-11-12-13-14-15-16-20-24-32-28(30)26-22-18-19-23-27(26)29(31)33-25(3)21-17-7-5-2/h18-19,22-23,25H,4-17,20-21,24H2,1-3H3. The molecule has 0 bridgehead atoms. The van der Waals surface area contributed by atoms with Gasteiger partial charge in [-0.25, -0.2) is 9.59 Å².